The maximum atomic E-state index is 9.66. The standard InChI is InChI=1S/C11H20N2O3/c1-4-5-9(14)11-12-10(16-13-11)6-8(2)7-15-3/h8-9,14H,4-7H2,1-3H3. The minimum atomic E-state index is -0.611. The minimum Gasteiger partial charge on any atom is -0.385 e. The van der Waals surface area contributed by atoms with Crippen LogP contribution < -0.4 is 0 Å². The Morgan fingerprint density at radius 3 is 2.88 bits per heavy atom. The van der Waals surface area contributed by atoms with E-state index in [9.17, 15) is 5.11 Å². The van der Waals surface area contributed by atoms with Crippen LogP contribution in [0.1, 0.15) is 44.5 Å². The fourth-order valence-corrected chi connectivity index (χ4v) is 1.53. The van der Waals surface area contributed by atoms with E-state index in [1.807, 2.05) is 6.92 Å². The van der Waals surface area contributed by atoms with E-state index in [0.29, 0.717) is 37.1 Å². The smallest absolute Gasteiger partial charge is 0.227 e. The van der Waals surface area contributed by atoms with Crippen LogP contribution in [0.15, 0.2) is 4.52 Å². The van der Waals surface area contributed by atoms with Crippen LogP contribution in [0.5, 0.6) is 0 Å². The predicted molar refractivity (Wildman–Crippen MR) is 58.9 cm³/mol. The Morgan fingerprint density at radius 2 is 2.25 bits per heavy atom. The maximum Gasteiger partial charge on any atom is 0.227 e. The van der Waals surface area contributed by atoms with Crippen molar-refractivity contribution in [2.45, 2.75) is 39.2 Å². The summed E-state index contributed by atoms with van der Waals surface area (Å²) >= 11 is 0. The summed E-state index contributed by atoms with van der Waals surface area (Å²) in [5.74, 6) is 1.29. The SMILES string of the molecule is CCCC(O)c1noc(CC(C)COC)n1. The quantitative estimate of drug-likeness (QED) is 0.769. The highest BCUT2D eigenvalue weighted by Crippen LogP contribution is 2.16. The van der Waals surface area contributed by atoms with Crippen LogP contribution in [-0.2, 0) is 11.2 Å². The molecule has 0 spiro atoms. The monoisotopic (exact) mass is 228 g/mol. The lowest BCUT2D eigenvalue weighted by Crippen LogP contribution is -2.07. The average Bonchev–Trinajstić information content (AvgIpc) is 2.67. The summed E-state index contributed by atoms with van der Waals surface area (Å²) < 4.78 is 10.1. The van der Waals surface area contributed by atoms with Gasteiger partial charge in [0.1, 0.15) is 6.10 Å². The van der Waals surface area contributed by atoms with Gasteiger partial charge in [-0.1, -0.05) is 25.4 Å². The van der Waals surface area contributed by atoms with E-state index in [2.05, 4.69) is 17.1 Å². The largest absolute Gasteiger partial charge is 0.385 e. The van der Waals surface area contributed by atoms with Crippen LogP contribution in [0.3, 0.4) is 0 Å². The van der Waals surface area contributed by atoms with Gasteiger partial charge in [0, 0.05) is 20.1 Å². The van der Waals surface area contributed by atoms with Gasteiger partial charge in [0.05, 0.1) is 0 Å². The lowest BCUT2D eigenvalue weighted by molar-refractivity contribution is 0.151. The minimum absolute atomic E-state index is 0.335. The molecule has 2 atom stereocenters. The first kappa shape index (κ1) is 13.1. The van der Waals surface area contributed by atoms with Gasteiger partial charge in [-0.15, -0.1) is 0 Å². The van der Waals surface area contributed by atoms with Crippen molar-refractivity contribution in [3.05, 3.63) is 11.7 Å². The summed E-state index contributed by atoms with van der Waals surface area (Å²) in [6.07, 6.45) is 1.62. The molecule has 0 bridgehead atoms. The Bertz CT molecular complexity index is 301. The van der Waals surface area contributed by atoms with Crippen molar-refractivity contribution in [1.82, 2.24) is 10.1 Å². The molecule has 0 aromatic carbocycles. The van der Waals surface area contributed by atoms with E-state index in [1.54, 1.807) is 7.11 Å². The summed E-state index contributed by atoms with van der Waals surface area (Å²) in [6.45, 7) is 4.72. The Balaban J connectivity index is 2.50. The van der Waals surface area contributed by atoms with Gasteiger partial charge >= 0.3 is 0 Å². The zero-order valence-corrected chi connectivity index (χ0v) is 10.1. The van der Waals surface area contributed by atoms with Crippen LogP contribution in [0.2, 0.25) is 0 Å². The number of aliphatic hydroxyl groups excluding tert-OH is 1. The van der Waals surface area contributed by atoms with Crippen molar-refractivity contribution < 1.29 is 14.4 Å². The van der Waals surface area contributed by atoms with Gasteiger partial charge in [-0.05, 0) is 12.3 Å². The molecule has 5 heteroatoms. The fraction of sp³-hybridized carbons (Fsp3) is 0.818. The Kier molecular flexibility index (Phi) is 5.42. The molecular weight excluding hydrogens is 208 g/mol. The highest BCUT2D eigenvalue weighted by atomic mass is 16.5. The highest BCUT2D eigenvalue weighted by molar-refractivity contribution is 4.91. The number of nitrogens with zero attached hydrogens (tertiary/aromatic N) is 2. The average molecular weight is 228 g/mol. The first-order valence-electron chi connectivity index (χ1n) is 5.66. The Labute approximate surface area is 95.8 Å². The van der Waals surface area contributed by atoms with Gasteiger partial charge < -0.3 is 14.4 Å². The van der Waals surface area contributed by atoms with Crippen LogP contribution in [0.25, 0.3) is 0 Å². The molecule has 0 amide bonds. The fourth-order valence-electron chi connectivity index (χ4n) is 1.53. The third-order valence-corrected chi connectivity index (χ3v) is 2.32. The van der Waals surface area contributed by atoms with Crippen molar-refractivity contribution in [2.24, 2.45) is 5.92 Å². The number of aliphatic hydroxyl groups is 1. The number of aromatic nitrogens is 2. The molecule has 1 aromatic rings. The van der Waals surface area contributed by atoms with E-state index in [0.717, 1.165) is 6.42 Å². The lowest BCUT2D eigenvalue weighted by Gasteiger charge is -2.05. The first-order chi connectivity index (χ1) is 7.67. The zero-order valence-electron chi connectivity index (χ0n) is 10.1. The van der Waals surface area contributed by atoms with Crippen LogP contribution in [0, 0.1) is 5.92 Å². The predicted octanol–water partition coefficient (Wildman–Crippen LogP) is 1.73. The highest BCUT2D eigenvalue weighted by Gasteiger charge is 2.16. The van der Waals surface area contributed by atoms with Crippen molar-refractivity contribution >= 4 is 0 Å². The second kappa shape index (κ2) is 6.60. The summed E-state index contributed by atoms with van der Waals surface area (Å²) in [7, 11) is 1.67. The molecule has 0 fully saturated rings. The second-order valence-electron chi connectivity index (χ2n) is 4.12. The van der Waals surface area contributed by atoms with Crippen molar-refractivity contribution in [1.29, 1.82) is 0 Å². The Hall–Kier alpha value is -0.940. The molecule has 5 nitrogen and oxygen atoms in total. The summed E-state index contributed by atoms with van der Waals surface area (Å²) in [4.78, 5) is 4.17. The number of methoxy groups -OCH3 is 1. The number of ether oxygens (including phenoxy) is 1. The molecule has 0 radical (unpaired) electrons. The Morgan fingerprint density at radius 1 is 1.50 bits per heavy atom. The molecule has 0 aliphatic carbocycles. The van der Waals surface area contributed by atoms with E-state index < -0.39 is 6.10 Å². The first-order valence-corrected chi connectivity index (χ1v) is 5.66. The summed E-state index contributed by atoms with van der Waals surface area (Å²) in [6, 6.07) is 0. The van der Waals surface area contributed by atoms with Gasteiger partial charge in [0.25, 0.3) is 0 Å². The molecule has 1 aromatic heterocycles. The van der Waals surface area contributed by atoms with Gasteiger partial charge in [-0.3, -0.25) is 0 Å². The molecule has 1 heterocycles. The van der Waals surface area contributed by atoms with E-state index in [4.69, 9.17) is 9.26 Å². The van der Waals surface area contributed by atoms with E-state index in [-0.39, 0.29) is 0 Å². The molecular formula is C11H20N2O3. The van der Waals surface area contributed by atoms with Gasteiger partial charge in [0.15, 0.2) is 5.82 Å². The van der Waals surface area contributed by atoms with E-state index >= 15 is 0 Å². The van der Waals surface area contributed by atoms with Crippen LogP contribution in [0.4, 0.5) is 0 Å². The number of hydrogen-bond acceptors (Lipinski definition) is 5. The maximum absolute atomic E-state index is 9.66. The third kappa shape index (κ3) is 3.90. The topological polar surface area (TPSA) is 68.4 Å². The molecule has 0 saturated heterocycles. The second-order valence-corrected chi connectivity index (χ2v) is 4.12. The van der Waals surface area contributed by atoms with Crippen molar-refractivity contribution in [3.63, 3.8) is 0 Å². The van der Waals surface area contributed by atoms with E-state index in [1.165, 1.54) is 0 Å². The number of hydrogen-bond donors (Lipinski definition) is 1. The molecule has 16 heavy (non-hydrogen) atoms. The normalized spacial score (nSPS) is 15.0. The summed E-state index contributed by atoms with van der Waals surface area (Å²) in [5.41, 5.74) is 0. The molecule has 0 aliphatic heterocycles. The van der Waals surface area contributed by atoms with Crippen LogP contribution in [-0.4, -0.2) is 29.0 Å². The zero-order chi connectivity index (χ0) is 12.0. The van der Waals surface area contributed by atoms with Gasteiger partial charge in [-0.25, -0.2) is 0 Å². The van der Waals surface area contributed by atoms with Gasteiger partial charge in [0.2, 0.25) is 5.89 Å². The van der Waals surface area contributed by atoms with Crippen molar-refractivity contribution in [2.75, 3.05) is 13.7 Å². The number of rotatable bonds is 7. The molecule has 0 aliphatic rings. The molecule has 1 N–H and O–H groups in total. The van der Waals surface area contributed by atoms with Crippen LogP contribution >= 0.6 is 0 Å². The lowest BCUT2D eigenvalue weighted by atomic mass is 10.1. The molecule has 92 valence electrons. The third-order valence-electron chi connectivity index (χ3n) is 2.32. The molecule has 0 saturated carbocycles. The molecule has 1 rings (SSSR count). The summed E-state index contributed by atoms with van der Waals surface area (Å²) in [5, 5.41) is 13.4. The van der Waals surface area contributed by atoms with Crippen molar-refractivity contribution in [3.8, 4) is 0 Å². The molecule has 2 unspecified atom stereocenters. The van der Waals surface area contributed by atoms with Gasteiger partial charge in [-0.2, -0.15) is 4.98 Å².